The summed E-state index contributed by atoms with van der Waals surface area (Å²) in [6.45, 7) is -0.453. The number of hydrogen-bond acceptors (Lipinski definition) is 2. The number of fused-ring (bicyclic) bond motifs is 3. The number of nitrogens with zero attached hydrogens (tertiary/aromatic N) is 1. The monoisotopic (exact) mass is 416 g/mol. The van der Waals surface area contributed by atoms with E-state index in [1.54, 1.807) is 41.0 Å². The molecule has 0 atom stereocenters. The predicted molar refractivity (Wildman–Crippen MR) is 104 cm³/mol. The molecule has 0 saturated heterocycles. The van der Waals surface area contributed by atoms with E-state index in [1.165, 1.54) is 0 Å². The second-order valence-electron chi connectivity index (χ2n) is 6.96. The lowest BCUT2D eigenvalue weighted by Gasteiger charge is -2.12. The number of alkyl halides is 3. The molecule has 0 bridgehead atoms. The van der Waals surface area contributed by atoms with E-state index in [9.17, 15) is 27.5 Å². The van der Waals surface area contributed by atoms with Crippen LogP contribution in [0.15, 0.2) is 54.6 Å². The number of hydrogen-bond donors (Lipinski definition) is 2. The molecule has 1 heterocycles. The predicted octanol–water partition coefficient (Wildman–Crippen LogP) is 4.59. The second-order valence-corrected chi connectivity index (χ2v) is 6.96. The Bertz CT molecular complexity index is 1290. The summed E-state index contributed by atoms with van der Waals surface area (Å²) >= 11 is 0. The molecule has 3 N–H and O–H groups in total. The van der Waals surface area contributed by atoms with Crippen molar-refractivity contribution >= 4 is 27.7 Å². The maximum Gasteiger partial charge on any atom is 0.416 e. The lowest BCUT2D eigenvalue weighted by Crippen LogP contribution is -2.11. The number of aliphatic hydroxyl groups excluding tert-OH is 1. The number of carbonyl (C=O) groups is 1. The SMILES string of the molecule is NC(=O)c1cccc2c1c1ccc(CO)cc1n2Cc1cc(C(F)(F)F)ccc1F. The van der Waals surface area contributed by atoms with Crippen LogP contribution < -0.4 is 5.73 Å². The van der Waals surface area contributed by atoms with Crippen LogP contribution in [0.25, 0.3) is 21.8 Å². The van der Waals surface area contributed by atoms with Crippen LogP contribution in [-0.4, -0.2) is 15.6 Å². The molecule has 4 aromatic rings. The summed E-state index contributed by atoms with van der Waals surface area (Å²) in [5.74, 6) is -1.43. The Labute approximate surface area is 168 Å². The van der Waals surface area contributed by atoms with E-state index in [2.05, 4.69) is 0 Å². The third kappa shape index (κ3) is 3.29. The summed E-state index contributed by atoms with van der Waals surface area (Å²) in [5.41, 5.74) is 6.29. The normalized spacial score (nSPS) is 12.0. The zero-order valence-corrected chi connectivity index (χ0v) is 15.5. The summed E-state index contributed by atoms with van der Waals surface area (Å²) < 4.78 is 55.4. The molecule has 0 unspecified atom stereocenters. The van der Waals surface area contributed by atoms with Gasteiger partial charge in [-0.1, -0.05) is 18.2 Å². The quantitative estimate of drug-likeness (QED) is 0.478. The molecule has 154 valence electrons. The molecule has 4 nitrogen and oxygen atoms in total. The third-order valence-electron chi connectivity index (χ3n) is 5.11. The van der Waals surface area contributed by atoms with Crippen molar-refractivity contribution in [1.29, 1.82) is 0 Å². The van der Waals surface area contributed by atoms with Gasteiger partial charge in [-0.25, -0.2) is 4.39 Å². The number of nitrogens with two attached hydrogens (primary N) is 1. The average molecular weight is 416 g/mol. The summed E-state index contributed by atoms with van der Waals surface area (Å²) in [5, 5.41) is 10.7. The molecule has 30 heavy (non-hydrogen) atoms. The van der Waals surface area contributed by atoms with E-state index in [4.69, 9.17) is 5.73 Å². The van der Waals surface area contributed by atoms with E-state index >= 15 is 0 Å². The van der Waals surface area contributed by atoms with Crippen LogP contribution >= 0.6 is 0 Å². The Morgan fingerprint density at radius 3 is 2.47 bits per heavy atom. The molecule has 0 fully saturated rings. The van der Waals surface area contributed by atoms with Gasteiger partial charge in [0.15, 0.2) is 0 Å². The minimum Gasteiger partial charge on any atom is -0.392 e. The maximum atomic E-state index is 14.4. The highest BCUT2D eigenvalue weighted by atomic mass is 19.4. The van der Waals surface area contributed by atoms with Gasteiger partial charge in [0.2, 0.25) is 5.91 Å². The standard InChI is InChI=1S/C22H16F4N2O2/c23-17-7-5-14(22(24,25)26)9-13(17)10-28-18-3-1-2-16(21(27)30)20(18)15-6-4-12(11-29)8-19(15)28/h1-9,29H,10-11H2,(H2,27,30). The highest BCUT2D eigenvalue weighted by Gasteiger charge is 2.31. The Balaban J connectivity index is 2.01. The molecule has 0 aliphatic heterocycles. The van der Waals surface area contributed by atoms with Crippen LogP contribution in [0.3, 0.4) is 0 Å². The van der Waals surface area contributed by atoms with Crippen molar-refractivity contribution in [3.63, 3.8) is 0 Å². The third-order valence-corrected chi connectivity index (χ3v) is 5.11. The summed E-state index contributed by atoms with van der Waals surface area (Å²) in [6, 6.07) is 12.1. The summed E-state index contributed by atoms with van der Waals surface area (Å²) in [6.07, 6.45) is -4.60. The van der Waals surface area contributed by atoms with E-state index in [-0.39, 0.29) is 24.3 Å². The smallest absolute Gasteiger partial charge is 0.392 e. The van der Waals surface area contributed by atoms with E-state index in [1.807, 2.05) is 0 Å². The number of aromatic nitrogens is 1. The maximum absolute atomic E-state index is 14.4. The highest BCUT2D eigenvalue weighted by molar-refractivity contribution is 6.17. The molecule has 8 heteroatoms. The Morgan fingerprint density at radius 1 is 1.03 bits per heavy atom. The molecule has 0 saturated carbocycles. The van der Waals surface area contributed by atoms with Crippen molar-refractivity contribution in [2.24, 2.45) is 5.73 Å². The lowest BCUT2D eigenvalue weighted by molar-refractivity contribution is -0.137. The fourth-order valence-corrected chi connectivity index (χ4v) is 3.71. The summed E-state index contributed by atoms with van der Waals surface area (Å²) in [7, 11) is 0. The number of rotatable bonds is 4. The average Bonchev–Trinajstić information content (AvgIpc) is 3.01. The number of primary amides is 1. The second kappa shape index (κ2) is 7.14. The molecule has 1 amide bonds. The molecule has 0 aliphatic carbocycles. The molecule has 4 rings (SSSR count). The van der Waals surface area contributed by atoms with E-state index < -0.39 is 23.5 Å². The minimum atomic E-state index is -4.60. The lowest BCUT2D eigenvalue weighted by atomic mass is 10.0. The van der Waals surface area contributed by atoms with Crippen LogP contribution in [0, 0.1) is 5.82 Å². The first-order chi connectivity index (χ1) is 14.2. The van der Waals surface area contributed by atoms with E-state index in [0.717, 1.165) is 12.1 Å². The molecular formula is C22H16F4N2O2. The number of benzene rings is 3. The summed E-state index contributed by atoms with van der Waals surface area (Å²) in [4.78, 5) is 11.9. The fourth-order valence-electron chi connectivity index (χ4n) is 3.71. The van der Waals surface area contributed by atoms with Gasteiger partial charge in [-0.3, -0.25) is 4.79 Å². The van der Waals surface area contributed by atoms with Crippen LogP contribution in [0.1, 0.15) is 27.0 Å². The van der Waals surface area contributed by atoms with Crippen LogP contribution in [0.5, 0.6) is 0 Å². The van der Waals surface area contributed by atoms with Crippen molar-refractivity contribution in [2.45, 2.75) is 19.3 Å². The van der Waals surface area contributed by atoms with Gasteiger partial charge in [0.05, 0.1) is 24.2 Å². The zero-order chi connectivity index (χ0) is 21.6. The molecule has 0 aliphatic rings. The number of amides is 1. The number of halogens is 4. The van der Waals surface area contributed by atoms with Crippen LogP contribution in [-0.2, 0) is 19.3 Å². The van der Waals surface area contributed by atoms with Gasteiger partial charge in [0, 0.05) is 27.4 Å². The topological polar surface area (TPSA) is 68.2 Å². The molecule has 0 radical (unpaired) electrons. The first-order valence-corrected chi connectivity index (χ1v) is 9.01. The van der Waals surface area contributed by atoms with Gasteiger partial charge in [0.25, 0.3) is 0 Å². The largest absolute Gasteiger partial charge is 0.416 e. The van der Waals surface area contributed by atoms with Crippen molar-refractivity contribution in [2.75, 3.05) is 0 Å². The number of carbonyl (C=O) groups excluding carboxylic acids is 1. The molecule has 3 aromatic carbocycles. The van der Waals surface area contributed by atoms with Gasteiger partial charge >= 0.3 is 6.18 Å². The fraction of sp³-hybridized carbons (Fsp3) is 0.136. The Morgan fingerprint density at radius 2 is 1.80 bits per heavy atom. The minimum absolute atomic E-state index is 0.150. The van der Waals surface area contributed by atoms with Gasteiger partial charge in [0.1, 0.15) is 5.82 Å². The van der Waals surface area contributed by atoms with Crippen molar-refractivity contribution in [3.8, 4) is 0 Å². The van der Waals surface area contributed by atoms with Crippen LogP contribution in [0.2, 0.25) is 0 Å². The van der Waals surface area contributed by atoms with Gasteiger partial charge < -0.3 is 15.4 Å². The molecule has 0 spiro atoms. The first-order valence-electron chi connectivity index (χ1n) is 9.01. The van der Waals surface area contributed by atoms with E-state index in [0.29, 0.717) is 33.4 Å². The van der Waals surface area contributed by atoms with Crippen molar-refractivity contribution in [1.82, 2.24) is 4.57 Å². The van der Waals surface area contributed by atoms with Gasteiger partial charge in [-0.15, -0.1) is 0 Å². The molecular weight excluding hydrogens is 400 g/mol. The number of aliphatic hydroxyl groups is 1. The molecule has 1 aromatic heterocycles. The van der Waals surface area contributed by atoms with Gasteiger partial charge in [-0.05, 0) is 42.0 Å². The van der Waals surface area contributed by atoms with Crippen molar-refractivity contribution < 1.29 is 27.5 Å². The highest BCUT2D eigenvalue weighted by Crippen LogP contribution is 2.35. The Kier molecular flexibility index (Phi) is 4.74. The van der Waals surface area contributed by atoms with Gasteiger partial charge in [-0.2, -0.15) is 13.2 Å². The Hall–Kier alpha value is -3.39. The van der Waals surface area contributed by atoms with Crippen LogP contribution in [0.4, 0.5) is 17.6 Å². The first kappa shape index (κ1) is 19.9. The zero-order valence-electron chi connectivity index (χ0n) is 15.5. The van der Waals surface area contributed by atoms with Crippen molar-refractivity contribution in [3.05, 3.63) is 82.7 Å².